The normalized spacial score (nSPS) is 17.5. The van der Waals surface area contributed by atoms with Crippen molar-refractivity contribution >= 4 is 23.6 Å². The molecule has 3 nitrogen and oxygen atoms in total. The van der Waals surface area contributed by atoms with E-state index in [-0.39, 0.29) is 11.8 Å². The summed E-state index contributed by atoms with van der Waals surface area (Å²) < 4.78 is 0. The Morgan fingerprint density at radius 3 is 2.38 bits per heavy atom. The van der Waals surface area contributed by atoms with Crippen LogP contribution in [0.4, 0.5) is 0 Å². The van der Waals surface area contributed by atoms with Crippen LogP contribution in [0.15, 0.2) is 30.3 Å². The average Bonchev–Trinajstić information content (AvgIpc) is 2.76. The average molecular weight is 305 g/mol. The van der Waals surface area contributed by atoms with Crippen molar-refractivity contribution in [3.8, 4) is 0 Å². The third-order valence-electron chi connectivity index (χ3n) is 4.41. The molecule has 1 saturated heterocycles. The standard InChI is InChI=1S/C17H23NO2S/c1-3-17(4-2)12-15(19)18(16(17)20)10-11-21-13-14-8-6-5-7-9-14/h5-9H,3-4,10-13H2,1-2H3. The third-order valence-corrected chi connectivity index (χ3v) is 5.42. The Morgan fingerprint density at radius 1 is 1.14 bits per heavy atom. The number of likely N-dealkylation sites (tertiary alicyclic amines) is 1. The van der Waals surface area contributed by atoms with Gasteiger partial charge in [-0.3, -0.25) is 14.5 Å². The van der Waals surface area contributed by atoms with E-state index in [0.29, 0.717) is 13.0 Å². The molecule has 0 aliphatic carbocycles. The highest BCUT2D eigenvalue weighted by molar-refractivity contribution is 7.98. The maximum absolute atomic E-state index is 12.5. The Labute approximate surface area is 131 Å². The van der Waals surface area contributed by atoms with Crippen molar-refractivity contribution in [1.29, 1.82) is 0 Å². The second-order valence-electron chi connectivity index (χ2n) is 5.55. The van der Waals surface area contributed by atoms with Crippen molar-refractivity contribution in [3.63, 3.8) is 0 Å². The number of carbonyl (C=O) groups excluding carboxylic acids is 2. The van der Waals surface area contributed by atoms with Gasteiger partial charge in [-0.05, 0) is 18.4 Å². The summed E-state index contributed by atoms with van der Waals surface area (Å²) in [5, 5.41) is 0. The van der Waals surface area contributed by atoms with Crippen LogP contribution in [0.1, 0.15) is 38.7 Å². The van der Waals surface area contributed by atoms with Gasteiger partial charge in [0.1, 0.15) is 0 Å². The Hall–Kier alpha value is -1.29. The first-order chi connectivity index (χ1) is 10.1. The lowest BCUT2D eigenvalue weighted by Gasteiger charge is -2.23. The Bertz CT molecular complexity index is 497. The quantitative estimate of drug-likeness (QED) is 0.571. The number of rotatable bonds is 7. The fourth-order valence-corrected chi connectivity index (χ4v) is 3.69. The van der Waals surface area contributed by atoms with Gasteiger partial charge in [0.25, 0.3) is 0 Å². The zero-order valence-electron chi connectivity index (χ0n) is 12.8. The molecule has 1 aliphatic heterocycles. The van der Waals surface area contributed by atoms with Gasteiger partial charge in [-0.2, -0.15) is 11.8 Å². The van der Waals surface area contributed by atoms with Gasteiger partial charge >= 0.3 is 0 Å². The lowest BCUT2D eigenvalue weighted by atomic mass is 9.81. The number of imide groups is 1. The molecule has 1 aromatic rings. The van der Waals surface area contributed by atoms with Crippen molar-refractivity contribution < 1.29 is 9.59 Å². The smallest absolute Gasteiger partial charge is 0.235 e. The highest BCUT2D eigenvalue weighted by atomic mass is 32.2. The molecule has 0 N–H and O–H groups in total. The SMILES string of the molecule is CCC1(CC)CC(=O)N(CCSCc2ccccc2)C1=O. The minimum Gasteiger partial charge on any atom is -0.281 e. The van der Waals surface area contributed by atoms with Crippen LogP contribution in [0.3, 0.4) is 0 Å². The molecule has 21 heavy (non-hydrogen) atoms. The molecule has 0 saturated carbocycles. The monoisotopic (exact) mass is 305 g/mol. The summed E-state index contributed by atoms with van der Waals surface area (Å²) in [6.07, 6.45) is 1.89. The molecule has 1 heterocycles. The van der Waals surface area contributed by atoms with E-state index >= 15 is 0 Å². The van der Waals surface area contributed by atoms with Gasteiger partial charge in [-0.15, -0.1) is 0 Å². The van der Waals surface area contributed by atoms with Gasteiger partial charge in [0.15, 0.2) is 0 Å². The van der Waals surface area contributed by atoms with Gasteiger partial charge in [-0.1, -0.05) is 44.2 Å². The second kappa shape index (κ2) is 7.12. The van der Waals surface area contributed by atoms with E-state index in [4.69, 9.17) is 0 Å². The molecule has 0 radical (unpaired) electrons. The summed E-state index contributed by atoms with van der Waals surface area (Å²) >= 11 is 1.77. The summed E-state index contributed by atoms with van der Waals surface area (Å²) in [5.74, 6) is 1.77. The molecular formula is C17H23NO2S. The summed E-state index contributed by atoms with van der Waals surface area (Å²) in [6.45, 7) is 4.54. The first kappa shape index (κ1) is 16.1. The van der Waals surface area contributed by atoms with Crippen molar-refractivity contribution in [2.45, 2.75) is 38.9 Å². The fraction of sp³-hybridized carbons (Fsp3) is 0.529. The van der Waals surface area contributed by atoms with E-state index in [9.17, 15) is 9.59 Å². The zero-order chi connectivity index (χ0) is 15.3. The Kier molecular flexibility index (Phi) is 5.45. The molecule has 1 fully saturated rings. The largest absolute Gasteiger partial charge is 0.281 e. The molecular weight excluding hydrogens is 282 g/mol. The van der Waals surface area contributed by atoms with Crippen LogP contribution < -0.4 is 0 Å². The molecule has 0 aromatic heterocycles. The van der Waals surface area contributed by atoms with E-state index < -0.39 is 5.41 Å². The van der Waals surface area contributed by atoms with E-state index in [1.54, 1.807) is 11.8 Å². The van der Waals surface area contributed by atoms with Crippen LogP contribution in [-0.2, 0) is 15.3 Å². The van der Waals surface area contributed by atoms with Crippen LogP contribution in [0.5, 0.6) is 0 Å². The highest BCUT2D eigenvalue weighted by Crippen LogP contribution is 2.39. The molecule has 0 spiro atoms. The first-order valence-corrected chi connectivity index (χ1v) is 8.75. The summed E-state index contributed by atoms with van der Waals surface area (Å²) in [6, 6.07) is 10.3. The summed E-state index contributed by atoms with van der Waals surface area (Å²) in [4.78, 5) is 26.0. The van der Waals surface area contributed by atoms with Gasteiger partial charge in [0.2, 0.25) is 11.8 Å². The lowest BCUT2D eigenvalue weighted by Crippen LogP contribution is -2.36. The van der Waals surface area contributed by atoms with Crippen molar-refractivity contribution in [2.75, 3.05) is 12.3 Å². The Balaban J connectivity index is 1.83. The molecule has 114 valence electrons. The number of thioether (sulfide) groups is 1. The van der Waals surface area contributed by atoms with E-state index in [2.05, 4.69) is 12.1 Å². The minimum atomic E-state index is -0.429. The van der Waals surface area contributed by atoms with Crippen LogP contribution in [0, 0.1) is 5.41 Å². The second-order valence-corrected chi connectivity index (χ2v) is 6.66. The van der Waals surface area contributed by atoms with E-state index in [1.165, 1.54) is 10.5 Å². The lowest BCUT2D eigenvalue weighted by molar-refractivity contribution is -0.141. The number of benzene rings is 1. The molecule has 0 unspecified atom stereocenters. The molecule has 1 aliphatic rings. The maximum atomic E-state index is 12.5. The number of nitrogens with zero attached hydrogens (tertiary/aromatic N) is 1. The van der Waals surface area contributed by atoms with E-state index in [1.807, 2.05) is 32.0 Å². The summed E-state index contributed by atoms with van der Waals surface area (Å²) in [5.41, 5.74) is 0.847. The first-order valence-electron chi connectivity index (χ1n) is 7.59. The highest BCUT2D eigenvalue weighted by Gasteiger charge is 2.48. The van der Waals surface area contributed by atoms with Gasteiger partial charge in [-0.25, -0.2) is 0 Å². The van der Waals surface area contributed by atoms with Crippen LogP contribution in [0.2, 0.25) is 0 Å². The molecule has 2 amide bonds. The van der Waals surface area contributed by atoms with Crippen LogP contribution in [-0.4, -0.2) is 29.0 Å². The molecule has 1 aromatic carbocycles. The van der Waals surface area contributed by atoms with Crippen molar-refractivity contribution in [2.24, 2.45) is 5.41 Å². The van der Waals surface area contributed by atoms with Crippen molar-refractivity contribution in [1.82, 2.24) is 4.90 Å². The minimum absolute atomic E-state index is 0.00371. The maximum Gasteiger partial charge on any atom is 0.235 e. The summed E-state index contributed by atoms with van der Waals surface area (Å²) in [7, 11) is 0. The topological polar surface area (TPSA) is 37.4 Å². The molecule has 2 rings (SSSR count). The van der Waals surface area contributed by atoms with E-state index in [0.717, 1.165) is 24.3 Å². The molecule has 0 atom stereocenters. The van der Waals surface area contributed by atoms with Crippen LogP contribution in [0.25, 0.3) is 0 Å². The predicted octanol–water partition coefficient (Wildman–Crippen LogP) is 3.49. The third kappa shape index (κ3) is 3.49. The molecule has 4 heteroatoms. The van der Waals surface area contributed by atoms with Gasteiger partial charge < -0.3 is 0 Å². The molecule has 0 bridgehead atoms. The fourth-order valence-electron chi connectivity index (χ4n) is 2.81. The van der Waals surface area contributed by atoms with Crippen molar-refractivity contribution in [3.05, 3.63) is 35.9 Å². The number of hydrogen-bond acceptors (Lipinski definition) is 3. The van der Waals surface area contributed by atoms with Gasteiger partial charge in [0.05, 0.1) is 5.41 Å². The van der Waals surface area contributed by atoms with Crippen LogP contribution >= 0.6 is 11.8 Å². The number of amides is 2. The van der Waals surface area contributed by atoms with Gasteiger partial charge in [0, 0.05) is 24.5 Å². The number of hydrogen-bond donors (Lipinski definition) is 0. The zero-order valence-corrected chi connectivity index (χ0v) is 13.6. The number of carbonyl (C=O) groups is 2. The Morgan fingerprint density at radius 2 is 1.81 bits per heavy atom. The predicted molar refractivity (Wildman–Crippen MR) is 87.0 cm³/mol.